The van der Waals surface area contributed by atoms with E-state index in [1.165, 1.54) is 16.3 Å². The third-order valence-corrected chi connectivity index (χ3v) is 3.31. The zero-order valence-corrected chi connectivity index (χ0v) is 12.6. The van der Waals surface area contributed by atoms with Crippen molar-refractivity contribution in [1.29, 1.82) is 0 Å². The molecule has 2 rings (SSSR count). The highest BCUT2D eigenvalue weighted by molar-refractivity contribution is 9.11. The van der Waals surface area contributed by atoms with E-state index in [0.717, 1.165) is 24.1 Å². The second-order valence-corrected chi connectivity index (χ2v) is 5.74. The Kier molecular flexibility index (Phi) is 4.94. The molecule has 0 aromatic heterocycles. The second kappa shape index (κ2) is 6.69. The molecule has 0 aliphatic carbocycles. The van der Waals surface area contributed by atoms with Gasteiger partial charge < -0.3 is 0 Å². The first-order valence-corrected chi connectivity index (χ1v) is 7.13. The molecule has 0 spiro atoms. The van der Waals surface area contributed by atoms with Crippen LogP contribution >= 0.6 is 15.9 Å². The summed E-state index contributed by atoms with van der Waals surface area (Å²) in [4.78, 5) is 2.31. The fraction of sp³-hybridized carbons (Fsp3) is 0.176. The van der Waals surface area contributed by atoms with Gasteiger partial charge in [-0.2, -0.15) is 0 Å². The van der Waals surface area contributed by atoms with Crippen molar-refractivity contribution in [3.8, 4) is 0 Å². The van der Waals surface area contributed by atoms with Crippen LogP contribution in [0.2, 0.25) is 0 Å². The van der Waals surface area contributed by atoms with Gasteiger partial charge in [0, 0.05) is 24.1 Å². The van der Waals surface area contributed by atoms with Crippen molar-refractivity contribution in [2.45, 2.75) is 6.54 Å². The lowest BCUT2D eigenvalue weighted by Gasteiger charge is -2.21. The zero-order chi connectivity index (χ0) is 13.7. The van der Waals surface area contributed by atoms with Gasteiger partial charge >= 0.3 is 0 Å². The van der Waals surface area contributed by atoms with Crippen molar-refractivity contribution in [2.24, 2.45) is 0 Å². The average Bonchev–Trinajstić information content (AvgIpc) is 2.39. The smallest absolute Gasteiger partial charge is 0.0300 e. The summed E-state index contributed by atoms with van der Waals surface area (Å²) in [7, 11) is 0. The molecular formula is C17H18BrN. The summed E-state index contributed by atoms with van der Waals surface area (Å²) in [6.07, 6.45) is 1.93. The maximum atomic E-state index is 3.92. The molecule has 0 amide bonds. The number of benzene rings is 2. The molecule has 1 nitrogen and oxygen atoms in total. The van der Waals surface area contributed by atoms with E-state index in [9.17, 15) is 0 Å². The topological polar surface area (TPSA) is 3.24 Å². The summed E-state index contributed by atoms with van der Waals surface area (Å²) < 4.78 is 0.995. The van der Waals surface area contributed by atoms with Crippen LogP contribution in [0.3, 0.4) is 0 Å². The zero-order valence-electron chi connectivity index (χ0n) is 11.0. The van der Waals surface area contributed by atoms with E-state index < -0.39 is 0 Å². The van der Waals surface area contributed by atoms with Crippen LogP contribution in [0.1, 0.15) is 5.56 Å². The number of rotatable bonds is 6. The first kappa shape index (κ1) is 14.0. The van der Waals surface area contributed by atoms with Gasteiger partial charge in [-0.3, -0.25) is 4.90 Å². The molecule has 0 heterocycles. The third-order valence-electron chi connectivity index (χ3n) is 3.06. The normalized spacial score (nSPS) is 10.8. The molecule has 2 aromatic carbocycles. The summed E-state index contributed by atoms with van der Waals surface area (Å²) in [5.41, 5.74) is 1.34. The van der Waals surface area contributed by atoms with Gasteiger partial charge in [-0.25, -0.2) is 0 Å². The van der Waals surface area contributed by atoms with Crippen molar-refractivity contribution >= 4 is 26.7 Å². The average molecular weight is 316 g/mol. The van der Waals surface area contributed by atoms with Gasteiger partial charge in [0.2, 0.25) is 0 Å². The predicted octanol–water partition coefficient (Wildman–Crippen LogP) is 4.74. The van der Waals surface area contributed by atoms with Crippen LogP contribution in [-0.4, -0.2) is 18.0 Å². The molecule has 98 valence electrons. The molecule has 0 unspecified atom stereocenters. The highest BCUT2D eigenvalue weighted by Gasteiger charge is 2.07. The molecule has 0 radical (unpaired) electrons. The van der Waals surface area contributed by atoms with E-state index in [4.69, 9.17) is 0 Å². The Balaban J connectivity index is 2.27. The van der Waals surface area contributed by atoms with Crippen molar-refractivity contribution in [1.82, 2.24) is 4.90 Å². The fourth-order valence-corrected chi connectivity index (χ4v) is 2.64. The number of nitrogens with zero attached hydrogens (tertiary/aromatic N) is 1. The summed E-state index contributed by atoms with van der Waals surface area (Å²) in [6.45, 7) is 10.3. The largest absolute Gasteiger partial charge is 0.291 e. The van der Waals surface area contributed by atoms with Gasteiger partial charge in [0.15, 0.2) is 0 Å². The minimum Gasteiger partial charge on any atom is -0.291 e. The quantitative estimate of drug-likeness (QED) is 0.696. The Bertz CT molecular complexity index is 583. The van der Waals surface area contributed by atoms with Crippen molar-refractivity contribution < 1.29 is 0 Å². The summed E-state index contributed by atoms with van der Waals surface area (Å²) in [6, 6.07) is 15.0. The third kappa shape index (κ3) is 3.79. The lowest BCUT2D eigenvalue weighted by atomic mass is 10.0. The van der Waals surface area contributed by atoms with Gasteiger partial charge in [-0.15, -0.1) is 6.58 Å². The predicted molar refractivity (Wildman–Crippen MR) is 87.5 cm³/mol. The fourth-order valence-electron chi connectivity index (χ4n) is 2.28. The van der Waals surface area contributed by atoms with Gasteiger partial charge in [0.05, 0.1) is 0 Å². The highest BCUT2D eigenvalue weighted by Crippen LogP contribution is 2.20. The van der Waals surface area contributed by atoms with E-state index >= 15 is 0 Å². The number of fused-ring (bicyclic) bond motifs is 1. The van der Waals surface area contributed by atoms with Gasteiger partial charge in [-0.05, 0) is 16.3 Å². The number of hydrogen-bond donors (Lipinski definition) is 0. The molecule has 0 atom stereocenters. The molecule has 0 N–H and O–H groups in total. The molecule has 2 heteroatoms. The Morgan fingerprint density at radius 3 is 2.63 bits per heavy atom. The van der Waals surface area contributed by atoms with Crippen molar-refractivity contribution in [3.05, 3.63) is 71.7 Å². The van der Waals surface area contributed by atoms with Gasteiger partial charge in [0.25, 0.3) is 0 Å². The van der Waals surface area contributed by atoms with Crippen LogP contribution in [0.4, 0.5) is 0 Å². The van der Waals surface area contributed by atoms with Crippen molar-refractivity contribution in [2.75, 3.05) is 13.1 Å². The van der Waals surface area contributed by atoms with Crippen LogP contribution < -0.4 is 0 Å². The monoisotopic (exact) mass is 315 g/mol. The van der Waals surface area contributed by atoms with E-state index in [2.05, 4.69) is 76.5 Å². The molecule has 0 aliphatic rings. The summed E-state index contributed by atoms with van der Waals surface area (Å²) in [5.74, 6) is 0. The lowest BCUT2D eigenvalue weighted by molar-refractivity contribution is 0.327. The first-order chi connectivity index (χ1) is 9.20. The standard InChI is InChI=1S/C17H18BrN/c1-3-11-19(12-14(2)18)13-16-9-6-8-15-7-4-5-10-17(15)16/h3-10H,1-2,11-13H2. The van der Waals surface area contributed by atoms with E-state index in [1.807, 2.05) is 6.08 Å². The SMILES string of the molecule is C=CCN(CC(=C)Br)Cc1cccc2ccccc12. The summed E-state index contributed by atoms with van der Waals surface area (Å²) >= 11 is 3.44. The molecule has 0 saturated carbocycles. The minimum atomic E-state index is 0.829. The van der Waals surface area contributed by atoms with Crippen molar-refractivity contribution in [3.63, 3.8) is 0 Å². The first-order valence-electron chi connectivity index (χ1n) is 6.34. The number of hydrogen-bond acceptors (Lipinski definition) is 1. The van der Waals surface area contributed by atoms with Crippen LogP contribution in [0.25, 0.3) is 10.8 Å². The summed E-state index contributed by atoms with van der Waals surface area (Å²) in [5, 5.41) is 2.61. The van der Waals surface area contributed by atoms with Crippen LogP contribution in [0, 0.1) is 0 Å². The molecule has 2 aromatic rings. The van der Waals surface area contributed by atoms with Crippen LogP contribution in [-0.2, 0) is 6.54 Å². The maximum Gasteiger partial charge on any atom is 0.0300 e. The van der Waals surface area contributed by atoms with Crippen LogP contribution in [0.5, 0.6) is 0 Å². The molecule has 0 aliphatic heterocycles. The number of halogens is 1. The van der Waals surface area contributed by atoms with Gasteiger partial charge in [0.1, 0.15) is 0 Å². The molecular weight excluding hydrogens is 298 g/mol. The van der Waals surface area contributed by atoms with E-state index in [-0.39, 0.29) is 0 Å². The Morgan fingerprint density at radius 2 is 1.89 bits per heavy atom. The Labute approximate surface area is 123 Å². The van der Waals surface area contributed by atoms with Gasteiger partial charge in [-0.1, -0.05) is 71.0 Å². The molecule has 0 saturated heterocycles. The van der Waals surface area contributed by atoms with E-state index in [0.29, 0.717) is 0 Å². The van der Waals surface area contributed by atoms with E-state index in [1.54, 1.807) is 0 Å². The second-order valence-electron chi connectivity index (χ2n) is 4.61. The van der Waals surface area contributed by atoms with Crippen LogP contribution in [0.15, 0.2) is 66.2 Å². The molecule has 0 fully saturated rings. The molecule has 19 heavy (non-hydrogen) atoms. The lowest BCUT2D eigenvalue weighted by Crippen LogP contribution is -2.24. The highest BCUT2D eigenvalue weighted by atomic mass is 79.9. The maximum absolute atomic E-state index is 3.92. The Hall–Kier alpha value is -1.38. The minimum absolute atomic E-state index is 0.829. The Morgan fingerprint density at radius 1 is 1.16 bits per heavy atom. The molecule has 0 bridgehead atoms.